The number of methoxy groups -OCH3 is 1. The number of benzene rings is 1. The normalized spacial score (nSPS) is 12.0. The van der Waals surface area contributed by atoms with Crippen LogP contribution in [0.5, 0.6) is 5.75 Å². The topological polar surface area (TPSA) is 93.5 Å². The Bertz CT molecular complexity index is 752. The van der Waals surface area contributed by atoms with Crippen molar-refractivity contribution < 1.29 is 19.4 Å². The maximum Gasteiger partial charge on any atom is 0.326 e. The van der Waals surface area contributed by atoms with E-state index in [9.17, 15) is 14.7 Å². The van der Waals surface area contributed by atoms with Crippen LogP contribution in [0, 0.1) is 12.8 Å². The van der Waals surface area contributed by atoms with Crippen molar-refractivity contribution in [2.45, 2.75) is 26.8 Å². The quantitative estimate of drug-likeness (QED) is 0.845. The summed E-state index contributed by atoms with van der Waals surface area (Å²) in [5, 5.41) is 16.0. The average molecular weight is 331 g/mol. The van der Waals surface area contributed by atoms with E-state index in [2.05, 4.69) is 10.4 Å². The van der Waals surface area contributed by atoms with Gasteiger partial charge in [-0.05, 0) is 25.0 Å². The van der Waals surface area contributed by atoms with Crippen molar-refractivity contribution >= 4 is 11.9 Å². The number of hydrogen-bond acceptors (Lipinski definition) is 4. The number of carbonyl (C=O) groups is 2. The van der Waals surface area contributed by atoms with Gasteiger partial charge in [0.05, 0.1) is 24.6 Å². The highest BCUT2D eigenvalue weighted by Gasteiger charge is 2.26. The van der Waals surface area contributed by atoms with Gasteiger partial charge in [0.1, 0.15) is 17.5 Å². The van der Waals surface area contributed by atoms with Gasteiger partial charge in [-0.25, -0.2) is 9.48 Å². The number of carboxylic acid groups (broad SMARTS) is 1. The minimum Gasteiger partial charge on any atom is -0.494 e. The second-order valence-electron chi connectivity index (χ2n) is 5.76. The molecule has 0 aliphatic carbocycles. The third-order valence-electron chi connectivity index (χ3n) is 3.79. The van der Waals surface area contributed by atoms with Crippen LogP contribution in [0.4, 0.5) is 0 Å². The fourth-order valence-corrected chi connectivity index (χ4v) is 2.41. The molecule has 7 heteroatoms. The van der Waals surface area contributed by atoms with Gasteiger partial charge in [0.2, 0.25) is 0 Å². The van der Waals surface area contributed by atoms with Crippen LogP contribution < -0.4 is 10.1 Å². The summed E-state index contributed by atoms with van der Waals surface area (Å²) in [6, 6.07) is 6.36. The van der Waals surface area contributed by atoms with E-state index < -0.39 is 17.9 Å². The second kappa shape index (κ2) is 7.16. The minimum absolute atomic E-state index is 0.226. The van der Waals surface area contributed by atoms with Crippen LogP contribution in [0.25, 0.3) is 5.69 Å². The smallest absolute Gasteiger partial charge is 0.326 e. The molecule has 128 valence electrons. The molecule has 0 spiro atoms. The van der Waals surface area contributed by atoms with Crippen molar-refractivity contribution in [2.75, 3.05) is 7.11 Å². The van der Waals surface area contributed by atoms with Crippen LogP contribution >= 0.6 is 0 Å². The highest BCUT2D eigenvalue weighted by atomic mass is 16.5. The van der Waals surface area contributed by atoms with Crippen molar-refractivity contribution in [1.29, 1.82) is 0 Å². The fourth-order valence-electron chi connectivity index (χ4n) is 2.41. The largest absolute Gasteiger partial charge is 0.494 e. The van der Waals surface area contributed by atoms with Crippen molar-refractivity contribution in [3.05, 3.63) is 41.7 Å². The molecule has 1 heterocycles. The predicted octanol–water partition coefficient (Wildman–Crippen LogP) is 2.03. The molecular formula is C17H21N3O4. The van der Waals surface area contributed by atoms with Crippen LogP contribution in [0.3, 0.4) is 0 Å². The Morgan fingerprint density at radius 3 is 2.54 bits per heavy atom. The zero-order valence-electron chi connectivity index (χ0n) is 14.1. The molecule has 1 atom stereocenters. The molecule has 2 aromatic rings. The number of aromatic nitrogens is 2. The first-order valence-corrected chi connectivity index (χ1v) is 7.58. The Hall–Kier alpha value is -2.83. The number of hydrogen-bond donors (Lipinski definition) is 2. The Morgan fingerprint density at radius 2 is 1.96 bits per heavy atom. The first-order chi connectivity index (χ1) is 11.4. The van der Waals surface area contributed by atoms with E-state index in [-0.39, 0.29) is 5.92 Å². The van der Waals surface area contributed by atoms with E-state index in [1.165, 1.54) is 6.20 Å². The summed E-state index contributed by atoms with van der Waals surface area (Å²) in [7, 11) is 1.56. The number of amides is 1. The molecule has 1 aromatic heterocycles. The maximum atomic E-state index is 12.4. The van der Waals surface area contributed by atoms with Gasteiger partial charge in [-0.15, -0.1) is 0 Å². The number of nitrogens with one attached hydrogen (secondary N) is 1. The molecule has 0 fully saturated rings. The number of aliphatic carboxylic acids is 1. The maximum absolute atomic E-state index is 12.4. The SMILES string of the molecule is COc1ccccc1-n1ncc(C(=O)N[C@@H](C(=O)O)C(C)C)c1C. The van der Waals surface area contributed by atoms with E-state index in [0.717, 1.165) is 0 Å². The lowest BCUT2D eigenvalue weighted by atomic mass is 10.0. The van der Waals surface area contributed by atoms with Crippen molar-refractivity contribution in [1.82, 2.24) is 15.1 Å². The Kier molecular flexibility index (Phi) is 5.23. The highest BCUT2D eigenvalue weighted by Crippen LogP contribution is 2.24. The van der Waals surface area contributed by atoms with Crippen LogP contribution in [-0.2, 0) is 4.79 Å². The molecule has 7 nitrogen and oxygen atoms in total. The van der Waals surface area contributed by atoms with Gasteiger partial charge in [0.15, 0.2) is 0 Å². The average Bonchev–Trinajstić information content (AvgIpc) is 2.93. The molecule has 0 aliphatic heterocycles. The summed E-state index contributed by atoms with van der Waals surface area (Å²) in [6.07, 6.45) is 1.43. The van der Waals surface area contributed by atoms with E-state index in [1.807, 2.05) is 18.2 Å². The lowest BCUT2D eigenvalue weighted by Gasteiger charge is -2.17. The summed E-state index contributed by atoms with van der Waals surface area (Å²) in [5.41, 5.74) is 1.63. The predicted molar refractivity (Wildman–Crippen MR) is 88.6 cm³/mol. The molecule has 0 saturated carbocycles. The molecule has 0 unspecified atom stereocenters. The van der Waals surface area contributed by atoms with E-state index in [4.69, 9.17) is 4.74 Å². The molecule has 0 aliphatic rings. The molecule has 0 radical (unpaired) electrons. The Balaban J connectivity index is 2.33. The summed E-state index contributed by atoms with van der Waals surface area (Å²) >= 11 is 0. The van der Waals surface area contributed by atoms with Gasteiger partial charge in [0.25, 0.3) is 5.91 Å². The zero-order chi connectivity index (χ0) is 17.9. The van der Waals surface area contributed by atoms with Gasteiger partial charge in [-0.2, -0.15) is 5.10 Å². The second-order valence-corrected chi connectivity index (χ2v) is 5.76. The molecule has 2 rings (SSSR count). The van der Waals surface area contributed by atoms with Gasteiger partial charge >= 0.3 is 5.97 Å². The highest BCUT2D eigenvalue weighted by molar-refractivity contribution is 5.97. The Labute approximate surface area is 140 Å². The monoisotopic (exact) mass is 331 g/mol. The number of rotatable bonds is 6. The van der Waals surface area contributed by atoms with Gasteiger partial charge in [-0.3, -0.25) is 4.79 Å². The molecule has 0 bridgehead atoms. The van der Waals surface area contributed by atoms with Gasteiger partial charge in [0, 0.05) is 0 Å². The fraction of sp³-hybridized carbons (Fsp3) is 0.353. The van der Waals surface area contributed by atoms with E-state index in [1.54, 1.807) is 38.6 Å². The molecule has 1 amide bonds. The summed E-state index contributed by atoms with van der Waals surface area (Å²) in [5.74, 6) is -1.12. The number of nitrogens with zero attached hydrogens (tertiary/aromatic N) is 2. The number of para-hydroxylation sites is 2. The molecule has 1 aromatic carbocycles. The van der Waals surface area contributed by atoms with Crippen LogP contribution in [-0.4, -0.2) is 39.9 Å². The van der Waals surface area contributed by atoms with Gasteiger partial charge < -0.3 is 15.2 Å². The van der Waals surface area contributed by atoms with Crippen molar-refractivity contribution in [3.63, 3.8) is 0 Å². The zero-order valence-corrected chi connectivity index (χ0v) is 14.1. The summed E-state index contributed by atoms with van der Waals surface area (Å²) in [4.78, 5) is 23.7. The number of carbonyl (C=O) groups excluding carboxylic acids is 1. The van der Waals surface area contributed by atoms with Crippen molar-refractivity contribution in [2.24, 2.45) is 5.92 Å². The first kappa shape index (κ1) is 17.5. The standard InChI is InChI=1S/C17H21N3O4/c1-10(2)15(17(22)23)19-16(21)12-9-18-20(11(12)3)13-7-5-6-8-14(13)24-4/h5-10,15H,1-4H3,(H,19,21)(H,22,23)/t15-/m1/s1. The molecular weight excluding hydrogens is 310 g/mol. The molecule has 2 N–H and O–H groups in total. The third kappa shape index (κ3) is 3.40. The molecule has 0 saturated heterocycles. The number of ether oxygens (including phenoxy) is 1. The van der Waals surface area contributed by atoms with E-state index >= 15 is 0 Å². The lowest BCUT2D eigenvalue weighted by Crippen LogP contribution is -2.44. The van der Waals surface area contributed by atoms with Crippen LogP contribution in [0.1, 0.15) is 29.9 Å². The van der Waals surface area contributed by atoms with Crippen molar-refractivity contribution in [3.8, 4) is 11.4 Å². The minimum atomic E-state index is -1.06. The lowest BCUT2D eigenvalue weighted by molar-refractivity contribution is -0.140. The van der Waals surface area contributed by atoms with Gasteiger partial charge in [-0.1, -0.05) is 26.0 Å². The number of carboxylic acids is 1. The summed E-state index contributed by atoms with van der Waals surface area (Å²) in [6.45, 7) is 5.23. The van der Waals surface area contributed by atoms with Crippen LogP contribution in [0.2, 0.25) is 0 Å². The Morgan fingerprint density at radius 1 is 1.29 bits per heavy atom. The first-order valence-electron chi connectivity index (χ1n) is 7.58. The molecule has 24 heavy (non-hydrogen) atoms. The van der Waals surface area contributed by atoms with E-state index in [0.29, 0.717) is 22.7 Å². The third-order valence-corrected chi connectivity index (χ3v) is 3.79. The van der Waals surface area contributed by atoms with Crippen LogP contribution in [0.15, 0.2) is 30.5 Å². The summed E-state index contributed by atoms with van der Waals surface area (Å²) < 4.78 is 6.91.